The van der Waals surface area contributed by atoms with E-state index in [-0.39, 0.29) is 17.6 Å². The van der Waals surface area contributed by atoms with Gasteiger partial charge in [-0.2, -0.15) is 10.2 Å². The lowest BCUT2D eigenvalue weighted by atomic mass is 9.73. The minimum absolute atomic E-state index is 0.162. The van der Waals surface area contributed by atoms with Gasteiger partial charge in [-0.3, -0.25) is 0 Å². The Morgan fingerprint density at radius 1 is 1.09 bits per heavy atom. The maximum atomic E-state index is 10.2. The number of hydrogen-bond acceptors (Lipinski definition) is 6. The van der Waals surface area contributed by atoms with Gasteiger partial charge < -0.3 is 15.7 Å². The van der Waals surface area contributed by atoms with Gasteiger partial charge in [0.1, 0.15) is 17.5 Å². The number of aromatic nitrogens is 2. The number of nitriles is 1. The molecule has 0 amide bonds. The van der Waals surface area contributed by atoms with Crippen LogP contribution in [0.2, 0.25) is 0 Å². The van der Waals surface area contributed by atoms with Gasteiger partial charge in [0.2, 0.25) is 5.95 Å². The van der Waals surface area contributed by atoms with E-state index in [1.165, 1.54) is 16.7 Å². The summed E-state index contributed by atoms with van der Waals surface area (Å²) in [7, 11) is 0. The predicted octanol–water partition coefficient (Wildman–Crippen LogP) is 5.02. The third-order valence-corrected chi connectivity index (χ3v) is 6.44. The second-order valence-electron chi connectivity index (χ2n) is 9.44. The molecule has 3 aromatic rings. The molecule has 2 atom stereocenters. The lowest BCUT2D eigenvalue weighted by molar-refractivity contribution is 0.00926. The van der Waals surface area contributed by atoms with Crippen molar-refractivity contribution in [2.75, 3.05) is 17.2 Å². The fraction of sp³-hybridized carbons (Fsp3) is 0.370. The van der Waals surface area contributed by atoms with Gasteiger partial charge in [0, 0.05) is 12.6 Å². The SMILES string of the molecule is CC1(C)C[C@H](Nc2nc(NCCc3cccc(-c4ccccc4)c3)ncc2C#N)CC[C@@H]1O. The number of rotatable bonds is 7. The van der Waals surface area contributed by atoms with Crippen molar-refractivity contribution < 1.29 is 5.11 Å². The van der Waals surface area contributed by atoms with Crippen LogP contribution in [0.25, 0.3) is 11.1 Å². The first kappa shape index (κ1) is 22.8. The molecule has 0 aliphatic heterocycles. The normalized spacial score (nSPS) is 19.5. The van der Waals surface area contributed by atoms with E-state index >= 15 is 0 Å². The molecular weight excluding hydrogens is 410 g/mol. The molecule has 0 saturated heterocycles. The number of anilines is 2. The van der Waals surface area contributed by atoms with E-state index in [2.05, 4.69) is 76.9 Å². The third-order valence-electron chi connectivity index (χ3n) is 6.44. The van der Waals surface area contributed by atoms with Crippen molar-refractivity contribution >= 4 is 11.8 Å². The Hall–Kier alpha value is -3.43. The van der Waals surface area contributed by atoms with Crippen molar-refractivity contribution in [3.63, 3.8) is 0 Å². The molecular formula is C27H31N5O. The summed E-state index contributed by atoms with van der Waals surface area (Å²) in [5, 5.41) is 26.4. The molecule has 33 heavy (non-hydrogen) atoms. The third kappa shape index (κ3) is 5.68. The van der Waals surface area contributed by atoms with Crippen molar-refractivity contribution in [2.24, 2.45) is 5.41 Å². The van der Waals surface area contributed by atoms with Gasteiger partial charge in [-0.05, 0) is 47.8 Å². The molecule has 0 bridgehead atoms. The fourth-order valence-corrected chi connectivity index (χ4v) is 4.45. The molecule has 0 unspecified atom stereocenters. The maximum absolute atomic E-state index is 10.2. The molecule has 1 heterocycles. The van der Waals surface area contributed by atoms with Crippen LogP contribution in [0.1, 0.15) is 44.2 Å². The number of benzene rings is 2. The highest BCUT2D eigenvalue weighted by molar-refractivity contribution is 5.64. The van der Waals surface area contributed by atoms with E-state index in [9.17, 15) is 10.4 Å². The molecule has 6 heteroatoms. The predicted molar refractivity (Wildman–Crippen MR) is 132 cm³/mol. The van der Waals surface area contributed by atoms with Crippen molar-refractivity contribution in [1.29, 1.82) is 5.26 Å². The summed E-state index contributed by atoms with van der Waals surface area (Å²) in [5.41, 5.74) is 3.91. The highest BCUT2D eigenvalue weighted by Crippen LogP contribution is 2.37. The van der Waals surface area contributed by atoms with Gasteiger partial charge in [-0.15, -0.1) is 0 Å². The van der Waals surface area contributed by atoms with Crippen molar-refractivity contribution in [1.82, 2.24) is 9.97 Å². The lowest BCUT2D eigenvalue weighted by Crippen LogP contribution is -2.41. The summed E-state index contributed by atoms with van der Waals surface area (Å²) in [4.78, 5) is 8.90. The van der Waals surface area contributed by atoms with E-state index in [1.54, 1.807) is 6.20 Å². The van der Waals surface area contributed by atoms with Crippen molar-refractivity contribution in [3.8, 4) is 17.2 Å². The second kappa shape index (κ2) is 10.0. The van der Waals surface area contributed by atoms with Crippen molar-refractivity contribution in [3.05, 3.63) is 71.9 Å². The zero-order valence-electron chi connectivity index (χ0n) is 19.3. The zero-order valence-corrected chi connectivity index (χ0v) is 19.3. The van der Waals surface area contributed by atoms with E-state index in [1.807, 2.05) is 18.2 Å². The maximum Gasteiger partial charge on any atom is 0.224 e. The minimum Gasteiger partial charge on any atom is -0.393 e. The Morgan fingerprint density at radius 3 is 2.64 bits per heavy atom. The first-order valence-electron chi connectivity index (χ1n) is 11.5. The smallest absolute Gasteiger partial charge is 0.224 e. The average Bonchev–Trinajstić information content (AvgIpc) is 2.82. The lowest BCUT2D eigenvalue weighted by Gasteiger charge is -2.40. The second-order valence-corrected chi connectivity index (χ2v) is 9.44. The number of aliphatic hydroxyl groups excluding tert-OH is 1. The van der Waals surface area contributed by atoms with Gasteiger partial charge in [0.05, 0.1) is 12.3 Å². The topological polar surface area (TPSA) is 93.9 Å². The fourth-order valence-electron chi connectivity index (χ4n) is 4.45. The Balaban J connectivity index is 1.39. The van der Waals surface area contributed by atoms with Crippen LogP contribution in [0, 0.1) is 16.7 Å². The standard InChI is InChI=1S/C27H31N5O/c1-27(2)16-23(11-12-24(27)33)31-25-22(17-28)18-30-26(32-25)29-14-13-19-7-6-10-21(15-19)20-8-4-3-5-9-20/h3-10,15,18,23-24,33H,11-14,16H2,1-2H3,(H2,29,30,31,32)/t23-,24+/m1/s1. The van der Waals surface area contributed by atoms with E-state index in [0.29, 0.717) is 23.9 Å². The van der Waals surface area contributed by atoms with Gasteiger partial charge >= 0.3 is 0 Å². The summed E-state index contributed by atoms with van der Waals surface area (Å²) in [6.07, 6.45) is 4.51. The molecule has 1 aromatic heterocycles. The van der Waals surface area contributed by atoms with Crippen LogP contribution in [0.4, 0.5) is 11.8 Å². The van der Waals surface area contributed by atoms with E-state index in [4.69, 9.17) is 0 Å². The Labute approximate surface area is 195 Å². The Kier molecular flexibility index (Phi) is 6.90. The van der Waals surface area contributed by atoms with Gasteiger partial charge in [-0.1, -0.05) is 68.4 Å². The Bertz CT molecular complexity index is 1120. The van der Waals surface area contributed by atoms with Gasteiger partial charge in [-0.25, -0.2) is 4.98 Å². The minimum atomic E-state index is -0.297. The average molecular weight is 442 g/mol. The quantitative estimate of drug-likeness (QED) is 0.477. The molecule has 6 nitrogen and oxygen atoms in total. The molecule has 170 valence electrons. The molecule has 1 fully saturated rings. The van der Waals surface area contributed by atoms with Crippen LogP contribution in [-0.2, 0) is 6.42 Å². The highest BCUT2D eigenvalue weighted by Gasteiger charge is 2.35. The Morgan fingerprint density at radius 2 is 1.88 bits per heavy atom. The number of nitrogens with one attached hydrogen (secondary N) is 2. The van der Waals surface area contributed by atoms with Gasteiger partial charge in [0.15, 0.2) is 0 Å². The van der Waals surface area contributed by atoms with Crippen LogP contribution in [-0.4, -0.2) is 33.8 Å². The van der Waals surface area contributed by atoms with Crippen LogP contribution < -0.4 is 10.6 Å². The molecule has 1 aliphatic carbocycles. The van der Waals surface area contributed by atoms with Crippen LogP contribution in [0.3, 0.4) is 0 Å². The first-order valence-corrected chi connectivity index (χ1v) is 11.5. The van der Waals surface area contributed by atoms with E-state index in [0.717, 1.165) is 25.7 Å². The number of nitrogens with zero attached hydrogens (tertiary/aromatic N) is 3. The molecule has 1 aliphatic rings. The molecule has 2 aromatic carbocycles. The summed E-state index contributed by atoms with van der Waals surface area (Å²) in [6, 6.07) is 21.2. The zero-order chi connectivity index (χ0) is 23.3. The monoisotopic (exact) mass is 441 g/mol. The van der Waals surface area contributed by atoms with Crippen molar-refractivity contribution in [2.45, 2.75) is 51.7 Å². The summed E-state index contributed by atoms with van der Waals surface area (Å²) < 4.78 is 0. The molecule has 0 radical (unpaired) electrons. The number of aliphatic hydroxyl groups is 1. The highest BCUT2D eigenvalue weighted by atomic mass is 16.3. The summed E-state index contributed by atoms with van der Waals surface area (Å²) in [5.74, 6) is 1.06. The number of hydrogen-bond donors (Lipinski definition) is 3. The summed E-state index contributed by atoms with van der Waals surface area (Å²) >= 11 is 0. The van der Waals surface area contributed by atoms with Crippen LogP contribution >= 0.6 is 0 Å². The van der Waals surface area contributed by atoms with E-state index < -0.39 is 0 Å². The van der Waals surface area contributed by atoms with Gasteiger partial charge in [0.25, 0.3) is 0 Å². The van der Waals surface area contributed by atoms with Crippen LogP contribution in [0.15, 0.2) is 60.8 Å². The largest absolute Gasteiger partial charge is 0.393 e. The molecule has 3 N–H and O–H groups in total. The summed E-state index contributed by atoms with van der Waals surface area (Å²) in [6.45, 7) is 4.85. The molecule has 0 spiro atoms. The first-order chi connectivity index (χ1) is 15.9. The molecule has 4 rings (SSSR count). The molecule has 1 saturated carbocycles. The van der Waals surface area contributed by atoms with Crippen LogP contribution in [0.5, 0.6) is 0 Å².